The van der Waals surface area contributed by atoms with E-state index >= 15 is 0 Å². The van der Waals surface area contributed by atoms with Crippen molar-refractivity contribution < 1.29 is 23.9 Å². The Bertz CT molecular complexity index is 612. The number of likely N-dealkylation sites (N-methyl/N-ethyl adjacent to an activating group) is 1. The first-order valence-corrected chi connectivity index (χ1v) is 10.1. The Morgan fingerprint density at radius 3 is 1.97 bits per heavy atom. The summed E-state index contributed by atoms with van der Waals surface area (Å²) in [5.74, 6) is -0.608. The number of carbonyl (C=O) groups is 3. The smallest absolute Gasteiger partial charge is 0.408 e. The minimum atomic E-state index is -0.792. The summed E-state index contributed by atoms with van der Waals surface area (Å²) in [5, 5.41) is 2.72. The molecule has 1 N–H and O–H groups in total. The summed E-state index contributed by atoms with van der Waals surface area (Å²) in [6, 6.07) is -1.13. The molecule has 0 aromatic rings. The molecule has 0 saturated carbocycles. The lowest BCUT2D eigenvalue weighted by molar-refractivity contribution is -0.139. The maximum atomic E-state index is 13.3. The minimum absolute atomic E-state index is 0.0514. The number of alkyl carbamates (subject to hydrolysis) is 1. The summed E-state index contributed by atoms with van der Waals surface area (Å²) in [6.45, 7) is 18.6. The van der Waals surface area contributed by atoms with Gasteiger partial charge in [-0.05, 0) is 46.0 Å². The first-order valence-electron chi connectivity index (χ1n) is 10.1. The highest BCUT2D eigenvalue weighted by atomic mass is 16.6. The maximum Gasteiger partial charge on any atom is 0.408 e. The molecule has 0 rings (SSSR count). The van der Waals surface area contributed by atoms with Gasteiger partial charge in [0, 0.05) is 12.6 Å². The Hall–Kier alpha value is -2.05. The molecule has 0 radical (unpaired) electrons. The van der Waals surface area contributed by atoms with Crippen LogP contribution in [0.3, 0.4) is 0 Å². The van der Waals surface area contributed by atoms with E-state index < -0.39 is 29.1 Å². The van der Waals surface area contributed by atoms with Gasteiger partial charge in [0.05, 0.1) is 12.6 Å². The zero-order valence-electron chi connectivity index (χ0n) is 20.0. The lowest BCUT2D eigenvalue weighted by Gasteiger charge is -2.37. The van der Waals surface area contributed by atoms with E-state index in [1.54, 1.807) is 52.6 Å². The first-order chi connectivity index (χ1) is 13.0. The topological polar surface area (TPSA) is 84.9 Å². The summed E-state index contributed by atoms with van der Waals surface area (Å²) in [4.78, 5) is 39.2. The molecule has 0 heterocycles. The molecule has 0 aromatic carbocycles. The predicted octanol–water partition coefficient (Wildman–Crippen LogP) is 3.92. The van der Waals surface area contributed by atoms with Crippen LogP contribution in [0.4, 0.5) is 4.79 Å². The van der Waals surface area contributed by atoms with Crippen LogP contribution in [0.15, 0.2) is 11.6 Å². The van der Waals surface area contributed by atoms with E-state index in [4.69, 9.17) is 9.47 Å². The number of nitrogens with one attached hydrogen (secondary N) is 1. The van der Waals surface area contributed by atoms with Crippen LogP contribution >= 0.6 is 0 Å². The van der Waals surface area contributed by atoms with Crippen molar-refractivity contribution in [1.29, 1.82) is 0 Å². The number of hydrogen-bond donors (Lipinski definition) is 1. The second-order valence-corrected chi connectivity index (χ2v) is 9.70. The summed E-state index contributed by atoms with van der Waals surface area (Å²) in [5.41, 5.74) is -0.761. The minimum Gasteiger partial charge on any atom is -0.463 e. The van der Waals surface area contributed by atoms with Gasteiger partial charge in [0.15, 0.2) is 0 Å². The molecule has 0 bridgehead atoms. The van der Waals surface area contributed by atoms with Crippen molar-refractivity contribution in [3.63, 3.8) is 0 Å². The second kappa shape index (κ2) is 10.6. The third-order valence-electron chi connectivity index (χ3n) is 4.27. The number of ether oxygens (including phenoxy) is 2. The van der Waals surface area contributed by atoms with Gasteiger partial charge in [-0.1, -0.05) is 40.7 Å². The van der Waals surface area contributed by atoms with E-state index in [1.807, 2.05) is 34.6 Å². The molecule has 0 aliphatic carbocycles. The fraction of sp³-hybridized carbons (Fsp3) is 0.773. The maximum absolute atomic E-state index is 13.3. The molecule has 0 spiro atoms. The number of hydrogen-bond acceptors (Lipinski definition) is 5. The highest BCUT2D eigenvalue weighted by molar-refractivity contribution is 5.89. The molecular formula is C22H40N2O5. The summed E-state index contributed by atoms with van der Waals surface area (Å²) >= 11 is 0. The van der Waals surface area contributed by atoms with E-state index in [2.05, 4.69) is 5.32 Å². The molecule has 0 aliphatic rings. The molecule has 0 aromatic heterocycles. The van der Waals surface area contributed by atoms with Gasteiger partial charge in [-0.2, -0.15) is 0 Å². The zero-order valence-corrected chi connectivity index (χ0v) is 20.0. The quantitative estimate of drug-likeness (QED) is 0.506. The van der Waals surface area contributed by atoms with Crippen LogP contribution in [0.2, 0.25) is 0 Å². The molecule has 7 nitrogen and oxygen atoms in total. The number of nitrogens with zero attached hydrogens (tertiary/aromatic N) is 1. The molecule has 2 amide bonds. The van der Waals surface area contributed by atoms with Gasteiger partial charge < -0.3 is 19.7 Å². The van der Waals surface area contributed by atoms with Gasteiger partial charge in [0.25, 0.3) is 0 Å². The molecular weight excluding hydrogens is 372 g/mol. The van der Waals surface area contributed by atoms with Crippen LogP contribution < -0.4 is 5.32 Å². The van der Waals surface area contributed by atoms with Gasteiger partial charge in [0.2, 0.25) is 5.91 Å². The Morgan fingerprint density at radius 1 is 1.07 bits per heavy atom. The van der Waals surface area contributed by atoms with Gasteiger partial charge in [0.1, 0.15) is 11.6 Å². The normalized spacial score (nSPS) is 14.8. The second-order valence-electron chi connectivity index (χ2n) is 9.70. The molecule has 0 saturated heterocycles. The van der Waals surface area contributed by atoms with Crippen LogP contribution in [-0.2, 0) is 19.1 Å². The van der Waals surface area contributed by atoms with Gasteiger partial charge in [-0.25, -0.2) is 9.59 Å². The van der Waals surface area contributed by atoms with E-state index in [0.717, 1.165) is 0 Å². The van der Waals surface area contributed by atoms with Crippen LogP contribution in [-0.4, -0.2) is 54.2 Å². The van der Waals surface area contributed by atoms with E-state index in [1.165, 1.54) is 0 Å². The van der Waals surface area contributed by atoms with Crippen molar-refractivity contribution in [1.82, 2.24) is 10.2 Å². The highest BCUT2D eigenvalue weighted by Crippen LogP contribution is 2.24. The van der Waals surface area contributed by atoms with E-state index in [-0.39, 0.29) is 24.5 Å². The van der Waals surface area contributed by atoms with Crippen molar-refractivity contribution >= 4 is 18.0 Å². The Morgan fingerprint density at radius 2 is 1.59 bits per heavy atom. The number of amides is 2. The van der Waals surface area contributed by atoms with Crippen molar-refractivity contribution in [2.75, 3.05) is 13.7 Å². The molecule has 7 heteroatoms. The standard InChI is InChI=1S/C22H40N2O5/c1-12-28-19(26)15(4)13-16(14(2)3)24(11)18(25)17(21(5,6)7)23-20(27)29-22(8,9)10/h13-14,16-17H,12H2,1-11H3,(H,23,27)/t16-,17-/m1/s1. The number of rotatable bonds is 7. The number of carbonyl (C=O) groups excluding carboxylic acids is 3. The van der Waals surface area contributed by atoms with Crippen LogP contribution in [0.25, 0.3) is 0 Å². The molecule has 0 fully saturated rings. The Kier molecular flexibility index (Phi) is 9.90. The van der Waals surface area contributed by atoms with Crippen LogP contribution in [0.1, 0.15) is 69.2 Å². The highest BCUT2D eigenvalue weighted by Gasteiger charge is 2.38. The van der Waals surface area contributed by atoms with Crippen molar-refractivity contribution in [2.24, 2.45) is 11.3 Å². The van der Waals surface area contributed by atoms with Gasteiger partial charge in [-0.3, -0.25) is 4.79 Å². The number of esters is 1. The molecule has 2 atom stereocenters. The summed E-state index contributed by atoms with van der Waals surface area (Å²) in [6.07, 6.45) is 1.10. The van der Waals surface area contributed by atoms with E-state index in [0.29, 0.717) is 5.57 Å². The summed E-state index contributed by atoms with van der Waals surface area (Å²) < 4.78 is 10.4. The fourth-order valence-corrected chi connectivity index (χ4v) is 2.75. The Balaban J connectivity index is 5.71. The lowest BCUT2D eigenvalue weighted by atomic mass is 9.85. The van der Waals surface area contributed by atoms with Crippen LogP contribution in [0.5, 0.6) is 0 Å². The third-order valence-corrected chi connectivity index (χ3v) is 4.27. The van der Waals surface area contributed by atoms with Crippen LogP contribution in [0, 0.1) is 11.3 Å². The SMILES string of the molecule is CCOC(=O)C(C)=C[C@H](C(C)C)N(C)C(=O)[C@@H](NC(=O)OC(C)(C)C)C(C)(C)C. The molecule has 0 aliphatic heterocycles. The monoisotopic (exact) mass is 412 g/mol. The van der Waals surface area contributed by atoms with Gasteiger partial charge >= 0.3 is 12.1 Å². The average molecular weight is 413 g/mol. The van der Waals surface area contributed by atoms with E-state index in [9.17, 15) is 14.4 Å². The molecule has 29 heavy (non-hydrogen) atoms. The predicted molar refractivity (Wildman–Crippen MR) is 114 cm³/mol. The van der Waals surface area contributed by atoms with Crippen molar-refractivity contribution in [3.05, 3.63) is 11.6 Å². The largest absolute Gasteiger partial charge is 0.463 e. The van der Waals surface area contributed by atoms with Gasteiger partial charge in [-0.15, -0.1) is 0 Å². The first kappa shape index (κ1) is 27.0. The average Bonchev–Trinajstić information content (AvgIpc) is 2.53. The summed E-state index contributed by atoms with van der Waals surface area (Å²) in [7, 11) is 1.68. The van der Waals surface area contributed by atoms with Crippen molar-refractivity contribution in [2.45, 2.75) is 86.9 Å². The lowest BCUT2D eigenvalue weighted by Crippen LogP contribution is -2.56. The molecule has 168 valence electrons. The Labute approximate surface area is 176 Å². The third kappa shape index (κ3) is 9.33. The zero-order chi connectivity index (χ0) is 23.2. The van der Waals surface area contributed by atoms with Crippen molar-refractivity contribution in [3.8, 4) is 0 Å². The fourth-order valence-electron chi connectivity index (χ4n) is 2.75. The molecule has 0 unspecified atom stereocenters.